The topological polar surface area (TPSA) is 117 Å². The van der Waals surface area contributed by atoms with Crippen molar-refractivity contribution in [2.24, 2.45) is 0 Å². The average Bonchev–Trinajstić information content (AvgIpc) is 2.84. The molecule has 2 N–H and O–H groups in total. The highest BCUT2D eigenvalue weighted by Gasteiger charge is 2.40. The number of hydrogen-bond donors (Lipinski definition) is 2. The van der Waals surface area contributed by atoms with Crippen LogP contribution in [0.1, 0.15) is 30.5 Å². The predicted octanol–water partition coefficient (Wildman–Crippen LogP) is 0.361. The van der Waals surface area contributed by atoms with E-state index in [2.05, 4.69) is 15.2 Å². The Morgan fingerprint density at radius 2 is 2.00 bits per heavy atom. The van der Waals surface area contributed by atoms with Gasteiger partial charge in [0.1, 0.15) is 17.0 Å². The van der Waals surface area contributed by atoms with E-state index in [1.165, 1.54) is 0 Å². The zero-order valence-electron chi connectivity index (χ0n) is 15.4. The molecule has 2 aliphatic heterocycles. The lowest BCUT2D eigenvalue weighted by atomic mass is 9.93. The Balaban J connectivity index is 1.54. The maximum absolute atomic E-state index is 13.0. The number of aryl methyl sites for hydroxylation is 1. The lowest BCUT2D eigenvalue weighted by Gasteiger charge is -2.39. The predicted molar refractivity (Wildman–Crippen MR) is 99.1 cm³/mol. The molecule has 9 heteroatoms. The van der Waals surface area contributed by atoms with Crippen molar-refractivity contribution in [2.45, 2.75) is 37.8 Å². The molecule has 1 spiro atoms. The molecular formula is C19H22N4O5. The summed E-state index contributed by atoms with van der Waals surface area (Å²) in [6.07, 6.45) is 1.70. The molecule has 148 valence electrons. The molecule has 1 fully saturated rings. The largest absolute Gasteiger partial charge is 0.485 e. The molecule has 0 saturated carbocycles. The fourth-order valence-electron chi connectivity index (χ4n) is 3.71. The minimum atomic E-state index is -0.664. The Kier molecular flexibility index (Phi) is 4.99. The van der Waals surface area contributed by atoms with Gasteiger partial charge in [-0.05, 0) is 6.07 Å². The molecule has 28 heavy (non-hydrogen) atoms. The first-order valence-electron chi connectivity index (χ1n) is 9.35. The van der Waals surface area contributed by atoms with Gasteiger partial charge in [0.25, 0.3) is 5.56 Å². The van der Waals surface area contributed by atoms with Crippen molar-refractivity contribution in [1.29, 1.82) is 0 Å². The van der Waals surface area contributed by atoms with Crippen molar-refractivity contribution >= 4 is 5.91 Å². The SMILES string of the molecule is O=C(CCc1n[nH]c(=O)[nH]c1=O)N1Cc2ccccc2OC2(CCOCC2)C1. The Hall–Kier alpha value is -2.94. The maximum Gasteiger partial charge on any atom is 0.342 e. The van der Waals surface area contributed by atoms with Gasteiger partial charge in [0, 0.05) is 37.8 Å². The van der Waals surface area contributed by atoms with E-state index in [0.717, 1.165) is 11.3 Å². The molecule has 3 heterocycles. The summed E-state index contributed by atoms with van der Waals surface area (Å²) in [5, 5.41) is 5.93. The molecule has 1 saturated heterocycles. The van der Waals surface area contributed by atoms with Crippen LogP contribution in [0.3, 0.4) is 0 Å². The number of para-hydroxylation sites is 1. The van der Waals surface area contributed by atoms with Crippen LogP contribution in [0.25, 0.3) is 0 Å². The Bertz CT molecular complexity index is 977. The summed E-state index contributed by atoms with van der Waals surface area (Å²) in [5.74, 6) is 0.719. The molecule has 1 aromatic heterocycles. The smallest absolute Gasteiger partial charge is 0.342 e. The van der Waals surface area contributed by atoms with Gasteiger partial charge in [0.15, 0.2) is 0 Å². The number of rotatable bonds is 3. The number of nitrogens with zero attached hydrogens (tertiary/aromatic N) is 2. The number of H-pyrrole nitrogens is 2. The highest BCUT2D eigenvalue weighted by atomic mass is 16.5. The van der Waals surface area contributed by atoms with E-state index in [1.54, 1.807) is 4.90 Å². The van der Waals surface area contributed by atoms with E-state index in [4.69, 9.17) is 9.47 Å². The van der Waals surface area contributed by atoms with E-state index in [0.29, 0.717) is 39.1 Å². The number of benzene rings is 1. The fraction of sp³-hybridized carbons (Fsp3) is 0.474. The van der Waals surface area contributed by atoms with Gasteiger partial charge < -0.3 is 14.4 Å². The molecule has 1 aromatic carbocycles. The normalized spacial score (nSPS) is 18.2. The van der Waals surface area contributed by atoms with E-state index in [-0.39, 0.29) is 24.4 Å². The molecule has 0 aliphatic carbocycles. The van der Waals surface area contributed by atoms with Crippen LogP contribution >= 0.6 is 0 Å². The average molecular weight is 386 g/mol. The van der Waals surface area contributed by atoms with Gasteiger partial charge in [0.2, 0.25) is 5.91 Å². The van der Waals surface area contributed by atoms with Crippen LogP contribution in [0.2, 0.25) is 0 Å². The first kappa shape index (κ1) is 18.4. The van der Waals surface area contributed by atoms with Crippen LogP contribution in [-0.4, -0.2) is 51.3 Å². The third-order valence-electron chi connectivity index (χ3n) is 5.25. The lowest BCUT2D eigenvalue weighted by molar-refractivity contribution is -0.136. The molecule has 1 amide bonds. The molecule has 0 atom stereocenters. The van der Waals surface area contributed by atoms with Gasteiger partial charge in [-0.3, -0.25) is 14.6 Å². The summed E-state index contributed by atoms with van der Waals surface area (Å²) in [5.41, 5.74) is -0.599. The van der Waals surface area contributed by atoms with Crippen molar-refractivity contribution < 1.29 is 14.3 Å². The second-order valence-electron chi connectivity index (χ2n) is 7.21. The molecule has 0 bridgehead atoms. The van der Waals surface area contributed by atoms with E-state index in [1.807, 2.05) is 24.3 Å². The second-order valence-corrected chi connectivity index (χ2v) is 7.21. The molecule has 4 rings (SSSR count). The van der Waals surface area contributed by atoms with Gasteiger partial charge in [0.05, 0.1) is 19.8 Å². The first-order chi connectivity index (χ1) is 13.5. The van der Waals surface area contributed by atoms with Crippen LogP contribution in [0.5, 0.6) is 5.75 Å². The summed E-state index contributed by atoms with van der Waals surface area (Å²) in [6.45, 7) is 2.12. The second kappa shape index (κ2) is 7.59. The number of fused-ring (bicyclic) bond motifs is 1. The van der Waals surface area contributed by atoms with Gasteiger partial charge in [-0.15, -0.1) is 0 Å². The zero-order chi connectivity index (χ0) is 19.6. The van der Waals surface area contributed by atoms with Crippen molar-refractivity contribution in [2.75, 3.05) is 19.8 Å². The van der Waals surface area contributed by atoms with E-state index < -0.39 is 16.9 Å². The molecule has 2 aromatic rings. The number of carbonyl (C=O) groups is 1. The quantitative estimate of drug-likeness (QED) is 0.787. The van der Waals surface area contributed by atoms with Crippen LogP contribution in [0.4, 0.5) is 0 Å². The molecule has 9 nitrogen and oxygen atoms in total. The van der Waals surface area contributed by atoms with Crippen LogP contribution in [0.15, 0.2) is 33.9 Å². The van der Waals surface area contributed by atoms with Crippen LogP contribution < -0.4 is 16.0 Å². The Morgan fingerprint density at radius 3 is 2.79 bits per heavy atom. The molecule has 0 unspecified atom stereocenters. The van der Waals surface area contributed by atoms with Gasteiger partial charge >= 0.3 is 5.69 Å². The number of nitrogens with one attached hydrogen (secondary N) is 2. The fourth-order valence-corrected chi connectivity index (χ4v) is 3.71. The third kappa shape index (κ3) is 3.84. The third-order valence-corrected chi connectivity index (χ3v) is 5.25. The molecule has 0 radical (unpaired) electrons. The highest BCUT2D eigenvalue weighted by Crippen LogP contribution is 2.35. The zero-order valence-corrected chi connectivity index (χ0v) is 15.4. The number of amides is 1. The van der Waals surface area contributed by atoms with Gasteiger partial charge in [-0.1, -0.05) is 18.2 Å². The summed E-state index contributed by atoms with van der Waals surface area (Å²) in [4.78, 5) is 39.8. The van der Waals surface area contributed by atoms with Crippen molar-refractivity contribution in [1.82, 2.24) is 20.1 Å². The Labute approximate surface area is 160 Å². The summed E-state index contributed by atoms with van der Waals surface area (Å²) >= 11 is 0. The van der Waals surface area contributed by atoms with E-state index in [9.17, 15) is 14.4 Å². The number of aromatic nitrogens is 3. The van der Waals surface area contributed by atoms with Gasteiger partial charge in [-0.25, -0.2) is 9.89 Å². The number of hydrogen-bond acceptors (Lipinski definition) is 6. The lowest BCUT2D eigenvalue weighted by Crippen LogP contribution is -2.50. The van der Waals surface area contributed by atoms with Crippen LogP contribution in [0, 0.1) is 0 Å². The van der Waals surface area contributed by atoms with Crippen molar-refractivity contribution in [3.8, 4) is 5.75 Å². The standard InChI is InChI=1S/C19H22N4O5/c24-16(6-5-14-17(25)20-18(26)22-21-14)23-11-13-3-1-2-4-15(13)28-19(12-23)7-9-27-10-8-19/h1-4H,5-12H2,(H2,20,22,25,26). The number of aromatic amines is 2. The number of carbonyl (C=O) groups excluding carboxylic acids is 1. The summed E-state index contributed by atoms with van der Waals surface area (Å²) in [6, 6.07) is 7.75. The Morgan fingerprint density at radius 1 is 1.21 bits per heavy atom. The van der Waals surface area contributed by atoms with Crippen LogP contribution in [-0.2, 0) is 22.5 Å². The molecule has 2 aliphatic rings. The minimum absolute atomic E-state index is 0.0847. The maximum atomic E-state index is 13.0. The summed E-state index contributed by atoms with van der Waals surface area (Å²) in [7, 11) is 0. The van der Waals surface area contributed by atoms with Crippen molar-refractivity contribution in [3.63, 3.8) is 0 Å². The molecular weight excluding hydrogens is 364 g/mol. The minimum Gasteiger partial charge on any atom is -0.485 e. The summed E-state index contributed by atoms with van der Waals surface area (Å²) < 4.78 is 11.9. The number of ether oxygens (including phenoxy) is 2. The highest BCUT2D eigenvalue weighted by molar-refractivity contribution is 5.76. The van der Waals surface area contributed by atoms with Gasteiger partial charge in [-0.2, -0.15) is 5.10 Å². The first-order valence-corrected chi connectivity index (χ1v) is 9.35. The monoisotopic (exact) mass is 386 g/mol. The van der Waals surface area contributed by atoms with Crippen molar-refractivity contribution in [3.05, 3.63) is 56.4 Å². The van der Waals surface area contributed by atoms with E-state index >= 15 is 0 Å².